The quantitative estimate of drug-likeness (QED) is 0.796. The minimum absolute atomic E-state index is 0.0165. The number of carbonyl (C=O) groups excluding carboxylic acids is 1. The lowest BCUT2D eigenvalue weighted by atomic mass is 10.3. The lowest BCUT2D eigenvalue weighted by Crippen LogP contribution is -2.10. The van der Waals surface area contributed by atoms with Crippen LogP contribution in [0.25, 0.3) is 0 Å². The summed E-state index contributed by atoms with van der Waals surface area (Å²) < 4.78 is 5.24. The molecule has 0 aliphatic rings. The number of rotatable bonds is 4. The molecule has 0 aliphatic carbocycles. The maximum Gasteiger partial charge on any atom is 0.224 e. The van der Waals surface area contributed by atoms with Crippen LogP contribution in [0.1, 0.15) is 20.3 Å². The summed E-state index contributed by atoms with van der Waals surface area (Å²) in [5, 5.41) is 2.76. The Bertz CT molecular complexity index is 310. The van der Waals surface area contributed by atoms with Gasteiger partial charge < -0.3 is 10.1 Å². The molecule has 1 radical (unpaired) electrons. The van der Waals surface area contributed by atoms with Gasteiger partial charge in [-0.1, -0.05) is 19.1 Å². The van der Waals surface area contributed by atoms with Crippen LogP contribution < -0.4 is 10.1 Å². The third-order valence-corrected chi connectivity index (χ3v) is 1.73. The van der Waals surface area contributed by atoms with Crippen LogP contribution in [-0.2, 0) is 4.79 Å². The molecular formula is C11H14NO2. The van der Waals surface area contributed by atoms with Crippen molar-refractivity contribution in [2.24, 2.45) is 0 Å². The monoisotopic (exact) mass is 192 g/mol. The molecular weight excluding hydrogens is 178 g/mol. The second kappa shape index (κ2) is 5.27. The predicted octanol–water partition coefficient (Wildman–Crippen LogP) is 2.60. The number of amides is 1. The summed E-state index contributed by atoms with van der Waals surface area (Å²) in [7, 11) is 0. The lowest BCUT2D eigenvalue weighted by Gasteiger charge is -2.09. The first-order valence-corrected chi connectivity index (χ1v) is 4.61. The summed E-state index contributed by atoms with van der Waals surface area (Å²) in [4.78, 5) is 11.2. The largest absolute Gasteiger partial charge is 0.485 e. The van der Waals surface area contributed by atoms with Crippen LogP contribution in [0.3, 0.4) is 0 Å². The molecule has 0 saturated carbocycles. The SMILES string of the molecule is C[CH]Oc1ccccc1NC(=O)CC. The Morgan fingerprint density at radius 2 is 2.21 bits per heavy atom. The van der Waals surface area contributed by atoms with Gasteiger partial charge in [-0.15, -0.1) is 0 Å². The minimum atomic E-state index is -0.0165. The summed E-state index contributed by atoms with van der Waals surface area (Å²) in [6.07, 6.45) is 0.462. The summed E-state index contributed by atoms with van der Waals surface area (Å²) >= 11 is 0. The van der Waals surface area contributed by atoms with E-state index in [4.69, 9.17) is 4.74 Å². The molecule has 1 aromatic rings. The average molecular weight is 192 g/mol. The number of hydrogen-bond donors (Lipinski definition) is 1. The van der Waals surface area contributed by atoms with Crippen molar-refractivity contribution in [3.8, 4) is 5.75 Å². The fourth-order valence-corrected chi connectivity index (χ4v) is 1.04. The molecule has 0 fully saturated rings. The van der Waals surface area contributed by atoms with Gasteiger partial charge in [0.25, 0.3) is 0 Å². The Balaban J connectivity index is 2.78. The van der Waals surface area contributed by atoms with Gasteiger partial charge in [-0.2, -0.15) is 0 Å². The van der Waals surface area contributed by atoms with Crippen molar-refractivity contribution in [2.75, 3.05) is 5.32 Å². The minimum Gasteiger partial charge on any atom is -0.485 e. The molecule has 0 aliphatic heterocycles. The molecule has 75 valence electrons. The molecule has 3 heteroatoms. The lowest BCUT2D eigenvalue weighted by molar-refractivity contribution is -0.115. The number of nitrogens with one attached hydrogen (secondary N) is 1. The molecule has 0 aromatic heterocycles. The summed E-state index contributed by atoms with van der Waals surface area (Å²) in [6.45, 7) is 5.18. The third kappa shape index (κ3) is 2.76. The molecule has 1 rings (SSSR count). The van der Waals surface area contributed by atoms with E-state index in [1.807, 2.05) is 31.2 Å². The summed E-state index contributed by atoms with van der Waals surface area (Å²) in [5.41, 5.74) is 0.706. The third-order valence-electron chi connectivity index (χ3n) is 1.73. The number of ether oxygens (including phenoxy) is 1. The smallest absolute Gasteiger partial charge is 0.224 e. The van der Waals surface area contributed by atoms with Crippen molar-refractivity contribution in [1.82, 2.24) is 0 Å². The molecule has 1 N–H and O–H groups in total. The standard InChI is InChI=1S/C11H14NO2/c1-3-11(13)12-9-7-5-6-8-10(9)14-4-2/h4-8H,3H2,1-2H3,(H,12,13). The van der Waals surface area contributed by atoms with Gasteiger partial charge in [0.1, 0.15) is 12.4 Å². The molecule has 3 nitrogen and oxygen atoms in total. The summed E-state index contributed by atoms with van der Waals surface area (Å²) in [5.74, 6) is 0.647. The van der Waals surface area contributed by atoms with Gasteiger partial charge in [0.05, 0.1) is 5.69 Å². The number of carbonyl (C=O) groups is 1. The van der Waals surface area contributed by atoms with Crippen molar-refractivity contribution >= 4 is 11.6 Å². The van der Waals surface area contributed by atoms with Crippen LogP contribution in [0, 0.1) is 6.61 Å². The zero-order valence-corrected chi connectivity index (χ0v) is 8.41. The molecule has 0 unspecified atom stereocenters. The highest BCUT2D eigenvalue weighted by atomic mass is 16.5. The van der Waals surface area contributed by atoms with Crippen LogP contribution in [0.4, 0.5) is 5.69 Å². The maximum absolute atomic E-state index is 11.2. The summed E-state index contributed by atoms with van der Waals surface area (Å²) in [6, 6.07) is 7.34. The predicted molar refractivity (Wildman–Crippen MR) is 56.0 cm³/mol. The zero-order valence-electron chi connectivity index (χ0n) is 8.41. The van der Waals surface area contributed by atoms with Gasteiger partial charge in [-0.05, 0) is 19.1 Å². The Kier molecular flexibility index (Phi) is 3.98. The van der Waals surface area contributed by atoms with Gasteiger partial charge in [0.15, 0.2) is 0 Å². The Labute approximate surface area is 84.1 Å². The van der Waals surface area contributed by atoms with Gasteiger partial charge in [0.2, 0.25) is 5.91 Å². The van der Waals surface area contributed by atoms with E-state index in [1.165, 1.54) is 0 Å². The number of anilines is 1. The molecule has 1 amide bonds. The second-order valence-electron chi connectivity index (χ2n) is 2.75. The molecule has 1 aromatic carbocycles. The first-order chi connectivity index (χ1) is 6.77. The molecule has 0 heterocycles. The molecule has 14 heavy (non-hydrogen) atoms. The Morgan fingerprint density at radius 1 is 1.50 bits per heavy atom. The van der Waals surface area contributed by atoms with E-state index in [2.05, 4.69) is 5.32 Å². The zero-order chi connectivity index (χ0) is 10.4. The first-order valence-electron chi connectivity index (χ1n) is 4.61. The highest BCUT2D eigenvalue weighted by Crippen LogP contribution is 2.24. The Morgan fingerprint density at radius 3 is 2.86 bits per heavy atom. The molecule has 0 saturated heterocycles. The number of hydrogen-bond acceptors (Lipinski definition) is 2. The van der Waals surface area contributed by atoms with E-state index in [0.717, 1.165) is 0 Å². The maximum atomic E-state index is 11.2. The highest BCUT2D eigenvalue weighted by Gasteiger charge is 2.04. The molecule has 0 atom stereocenters. The van der Waals surface area contributed by atoms with Gasteiger partial charge in [-0.3, -0.25) is 4.79 Å². The number of benzene rings is 1. The van der Waals surface area contributed by atoms with E-state index in [1.54, 1.807) is 13.5 Å². The topological polar surface area (TPSA) is 38.3 Å². The van der Waals surface area contributed by atoms with Gasteiger partial charge >= 0.3 is 0 Å². The van der Waals surface area contributed by atoms with Crippen molar-refractivity contribution in [2.45, 2.75) is 20.3 Å². The van der Waals surface area contributed by atoms with Crippen molar-refractivity contribution in [1.29, 1.82) is 0 Å². The van der Waals surface area contributed by atoms with Gasteiger partial charge in [0, 0.05) is 6.42 Å². The highest BCUT2D eigenvalue weighted by molar-refractivity contribution is 5.91. The van der Waals surface area contributed by atoms with Crippen LogP contribution in [0.5, 0.6) is 5.75 Å². The Hall–Kier alpha value is -1.51. The van der Waals surface area contributed by atoms with Crippen LogP contribution in [0.15, 0.2) is 24.3 Å². The number of para-hydroxylation sites is 2. The van der Waals surface area contributed by atoms with E-state index in [0.29, 0.717) is 17.9 Å². The normalized spacial score (nSPS) is 9.57. The van der Waals surface area contributed by atoms with Crippen LogP contribution in [0.2, 0.25) is 0 Å². The second-order valence-corrected chi connectivity index (χ2v) is 2.75. The fourth-order valence-electron chi connectivity index (χ4n) is 1.04. The van der Waals surface area contributed by atoms with Crippen molar-refractivity contribution in [3.05, 3.63) is 30.9 Å². The van der Waals surface area contributed by atoms with Gasteiger partial charge in [-0.25, -0.2) is 0 Å². The van der Waals surface area contributed by atoms with Crippen molar-refractivity contribution in [3.63, 3.8) is 0 Å². The van der Waals surface area contributed by atoms with E-state index in [-0.39, 0.29) is 5.91 Å². The molecule has 0 spiro atoms. The van der Waals surface area contributed by atoms with E-state index in [9.17, 15) is 4.79 Å². The first kappa shape index (κ1) is 10.6. The van der Waals surface area contributed by atoms with E-state index < -0.39 is 0 Å². The fraction of sp³-hybridized carbons (Fsp3) is 0.273. The van der Waals surface area contributed by atoms with Crippen molar-refractivity contribution < 1.29 is 9.53 Å². The van der Waals surface area contributed by atoms with E-state index >= 15 is 0 Å². The average Bonchev–Trinajstić information content (AvgIpc) is 2.21. The van der Waals surface area contributed by atoms with Crippen LogP contribution in [-0.4, -0.2) is 5.91 Å². The van der Waals surface area contributed by atoms with Crippen LogP contribution >= 0.6 is 0 Å². The molecule has 0 bridgehead atoms.